The smallest absolute Gasteiger partial charge is 0.341 e. The van der Waals surface area contributed by atoms with Gasteiger partial charge in [0.2, 0.25) is 11.8 Å². The molecular formula is C20H26F3N3O2. The highest BCUT2D eigenvalue weighted by atomic mass is 19.4. The van der Waals surface area contributed by atoms with Crippen LogP contribution in [0.2, 0.25) is 0 Å². The fourth-order valence-corrected chi connectivity index (χ4v) is 4.03. The van der Waals surface area contributed by atoms with Crippen LogP contribution in [0, 0.1) is 5.92 Å². The van der Waals surface area contributed by atoms with Crippen LogP contribution in [0.25, 0.3) is 0 Å². The number of likely N-dealkylation sites (tertiary alicyclic amines) is 1. The molecule has 0 spiro atoms. The largest absolute Gasteiger partial charge is 0.416 e. The molecule has 0 saturated carbocycles. The molecule has 0 bridgehead atoms. The van der Waals surface area contributed by atoms with Crippen LogP contribution in [0.3, 0.4) is 0 Å². The van der Waals surface area contributed by atoms with Crippen LogP contribution in [0.15, 0.2) is 24.3 Å². The van der Waals surface area contributed by atoms with Crippen LogP contribution in [0.1, 0.15) is 30.4 Å². The van der Waals surface area contributed by atoms with Crippen molar-refractivity contribution < 1.29 is 22.8 Å². The number of halogens is 3. The van der Waals surface area contributed by atoms with Crippen molar-refractivity contribution in [3.05, 3.63) is 35.4 Å². The highest BCUT2D eigenvalue weighted by Crippen LogP contribution is 2.37. The van der Waals surface area contributed by atoms with Crippen LogP contribution >= 0.6 is 0 Å². The summed E-state index contributed by atoms with van der Waals surface area (Å²) in [6.45, 7) is 5.02. The average Bonchev–Trinajstić information content (AvgIpc) is 3.12. The number of carbonyl (C=O) groups is 2. The van der Waals surface area contributed by atoms with Gasteiger partial charge in [-0.1, -0.05) is 25.1 Å². The fraction of sp³-hybridized carbons (Fsp3) is 0.600. The number of benzene rings is 1. The van der Waals surface area contributed by atoms with Gasteiger partial charge >= 0.3 is 6.18 Å². The second kappa shape index (κ2) is 8.11. The standard InChI is InChI=1S/C20H26F3N3O2/c1-3-18(27)26-12-16(14-5-4-6-15(11-14)20(21,22)23)17(13-26)19(28)25-9-7-24(2)8-10-25/h4-6,11,16-17H,3,7-10,12-13H2,1-2H3/t16-,17-/m1/s1. The lowest BCUT2D eigenvalue weighted by Gasteiger charge is -2.35. The van der Waals surface area contributed by atoms with E-state index in [2.05, 4.69) is 4.90 Å². The number of hydrogen-bond acceptors (Lipinski definition) is 3. The minimum atomic E-state index is -4.44. The number of piperazine rings is 1. The molecule has 154 valence electrons. The summed E-state index contributed by atoms with van der Waals surface area (Å²) < 4.78 is 39.5. The van der Waals surface area contributed by atoms with Crippen molar-refractivity contribution in [2.45, 2.75) is 25.4 Å². The molecule has 2 atom stereocenters. The first-order valence-corrected chi connectivity index (χ1v) is 9.63. The highest BCUT2D eigenvalue weighted by molar-refractivity contribution is 5.83. The Labute approximate surface area is 163 Å². The van der Waals surface area contributed by atoms with Gasteiger partial charge in [0.05, 0.1) is 11.5 Å². The molecular weight excluding hydrogens is 371 g/mol. The Morgan fingerprint density at radius 1 is 1.07 bits per heavy atom. The van der Waals surface area contributed by atoms with E-state index in [9.17, 15) is 22.8 Å². The first-order valence-electron chi connectivity index (χ1n) is 9.63. The van der Waals surface area contributed by atoms with E-state index in [0.717, 1.165) is 25.2 Å². The van der Waals surface area contributed by atoms with Crippen molar-refractivity contribution in [3.63, 3.8) is 0 Å². The molecule has 28 heavy (non-hydrogen) atoms. The third-order valence-corrected chi connectivity index (χ3v) is 5.75. The summed E-state index contributed by atoms with van der Waals surface area (Å²) in [6.07, 6.45) is -4.13. The van der Waals surface area contributed by atoms with Gasteiger partial charge < -0.3 is 14.7 Å². The van der Waals surface area contributed by atoms with Crippen LogP contribution in [0.5, 0.6) is 0 Å². The maximum absolute atomic E-state index is 13.2. The van der Waals surface area contributed by atoms with Crippen LogP contribution in [0.4, 0.5) is 13.2 Å². The summed E-state index contributed by atoms with van der Waals surface area (Å²) in [5.41, 5.74) is -0.259. The second-order valence-corrected chi connectivity index (χ2v) is 7.62. The molecule has 1 aromatic rings. The van der Waals surface area contributed by atoms with Gasteiger partial charge in [0, 0.05) is 51.6 Å². The summed E-state index contributed by atoms with van der Waals surface area (Å²) in [6, 6.07) is 5.16. The molecule has 2 saturated heterocycles. The SMILES string of the molecule is CCC(=O)N1C[C@H](c2cccc(C(F)(F)F)c2)[C@H](C(=O)N2CCN(C)CC2)C1. The number of carbonyl (C=O) groups excluding carboxylic acids is 2. The van der Waals surface area contributed by atoms with E-state index < -0.39 is 23.6 Å². The van der Waals surface area contributed by atoms with E-state index in [0.29, 0.717) is 25.1 Å². The topological polar surface area (TPSA) is 43.9 Å². The zero-order valence-corrected chi connectivity index (χ0v) is 16.2. The molecule has 2 heterocycles. The maximum atomic E-state index is 13.2. The molecule has 0 radical (unpaired) electrons. The lowest BCUT2D eigenvalue weighted by Crippen LogP contribution is -2.50. The van der Waals surface area contributed by atoms with Crippen molar-refractivity contribution >= 4 is 11.8 Å². The molecule has 2 amide bonds. The van der Waals surface area contributed by atoms with Crippen LogP contribution in [-0.2, 0) is 15.8 Å². The van der Waals surface area contributed by atoms with E-state index >= 15 is 0 Å². The third kappa shape index (κ3) is 4.32. The Morgan fingerprint density at radius 2 is 1.75 bits per heavy atom. The van der Waals surface area contributed by atoms with Crippen LogP contribution in [-0.4, -0.2) is 72.8 Å². The molecule has 0 unspecified atom stereocenters. The fourth-order valence-electron chi connectivity index (χ4n) is 4.03. The molecule has 5 nitrogen and oxygen atoms in total. The Kier molecular flexibility index (Phi) is 5.98. The third-order valence-electron chi connectivity index (χ3n) is 5.75. The zero-order chi connectivity index (χ0) is 20.5. The second-order valence-electron chi connectivity index (χ2n) is 7.62. The average molecular weight is 397 g/mol. The summed E-state index contributed by atoms with van der Waals surface area (Å²) >= 11 is 0. The summed E-state index contributed by atoms with van der Waals surface area (Å²) in [4.78, 5) is 30.9. The Morgan fingerprint density at radius 3 is 2.36 bits per heavy atom. The lowest BCUT2D eigenvalue weighted by atomic mass is 9.87. The van der Waals surface area contributed by atoms with Gasteiger partial charge in [0.15, 0.2) is 0 Å². The molecule has 2 aliphatic heterocycles. The Balaban J connectivity index is 1.87. The monoisotopic (exact) mass is 397 g/mol. The number of alkyl halides is 3. The van der Waals surface area contributed by atoms with Gasteiger partial charge in [0.25, 0.3) is 0 Å². The van der Waals surface area contributed by atoms with Crippen molar-refractivity contribution in [1.29, 1.82) is 0 Å². The molecule has 0 aromatic heterocycles. The summed E-state index contributed by atoms with van der Waals surface area (Å²) in [7, 11) is 1.99. The van der Waals surface area contributed by atoms with Crippen molar-refractivity contribution in [3.8, 4) is 0 Å². The summed E-state index contributed by atoms with van der Waals surface area (Å²) in [5.74, 6) is -1.08. The summed E-state index contributed by atoms with van der Waals surface area (Å²) in [5, 5.41) is 0. The van der Waals surface area contributed by atoms with E-state index in [4.69, 9.17) is 0 Å². The molecule has 8 heteroatoms. The Hall–Kier alpha value is -2.09. The van der Waals surface area contributed by atoms with E-state index in [1.165, 1.54) is 6.07 Å². The molecule has 2 fully saturated rings. The Bertz CT molecular complexity index is 730. The molecule has 1 aromatic carbocycles. The predicted molar refractivity (Wildman–Crippen MR) is 98.6 cm³/mol. The van der Waals surface area contributed by atoms with Gasteiger partial charge in [-0.25, -0.2) is 0 Å². The van der Waals surface area contributed by atoms with Gasteiger partial charge in [-0.3, -0.25) is 9.59 Å². The predicted octanol–water partition coefficient (Wildman–Crippen LogP) is 2.43. The number of rotatable bonds is 3. The quantitative estimate of drug-likeness (QED) is 0.787. The van der Waals surface area contributed by atoms with E-state index in [-0.39, 0.29) is 24.9 Å². The van der Waals surface area contributed by atoms with Gasteiger partial charge in [-0.15, -0.1) is 0 Å². The first kappa shape index (κ1) is 20.6. The van der Waals surface area contributed by atoms with Crippen molar-refractivity contribution in [1.82, 2.24) is 14.7 Å². The number of nitrogens with zero attached hydrogens (tertiary/aromatic N) is 3. The minimum Gasteiger partial charge on any atom is -0.341 e. The molecule has 0 N–H and O–H groups in total. The van der Waals surface area contributed by atoms with E-state index in [1.54, 1.807) is 22.8 Å². The highest BCUT2D eigenvalue weighted by Gasteiger charge is 2.42. The first-order chi connectivity index (χ1) is 13.2. The molecule has 0 aliphatic carbocycles. The maximum Gasteiger partial charge on any atom is 0.416 e. The van der Waals surface area contributed by atoms with Gasteiger partial charge in [0.1, 0.15) is 0 Å². The van der Waals surface area contributed by atoms with Gasteiger partial charge in [-0.05, 0) is 18.7 Å². The number of hydrogen-bond donors (Lipinski definition) is 0. The van der Waals surface area contributed by atoms with Crippen LogP contribution < -0.4 is 0 Å². The number of likely N-dealkylation sites (N-methyl/N-ethyl adjacent to an activating group) is 1. The molecule has 2 aliphatic rings. The van der Waals surface area contributed by atoms with Gasteiger partial charge in [-0.2, -0.15) is 13.2 Å². The minimum absolute atomic E-state index is 0.0677. The molecule has 3 rings (SSSR count). The number of amides is 2. The zero-order valence-electron chi connectivity index (χ0n) is 16.2. The van der Waals surface area contributed by atoms with Crippen molar-refractivity contribution in [2.75, 3.05) is 46.3 Å². The van der Waals surface area contributed by atoms with Crippen molar-refractivity contribution in [2.24, 2.45) is 5.92 Å². The van der Waals surface area contributed by atoms with E-state index in [1.807, 2.05) is 7.05 Å². The normalized spacial score (nSPS) is 23.9. The lowest BCUT2D eigenvalue weighted by molar-refractivity contribution is -0.138.